The van der Waals surface area contributed by atoms with Gasteiger partial charge in [-0.1, -0.05) is 53.5 Å². The van der Waals surface area contributed by atoms with Crippen LogP contribution in [0.2, 0.25) is 10.0 Å². The summed E-state index contributed by atoms with van der Waals surface area (Å²) >= 11 is 12.0. The topological polar surface area (TPSA) is 66.5 Å². The lowest BCUT2D eigenvalue weighted by Crippen LogP contribution is -2.41. The van der Waals surface area contributed by atoms with Gasteiger partial charge in [-0.05, 0) is 54.4 Å². The van der Waals surface area contributed by atoms with Crippen LogP contribution in [-0.4, -0.2) is 27.4 Å². The van der Waals surface area contributed by atoms with E-state index in [1.807, 2.05) is 0 Å². The number of nitrogens with one attached hydrogen (secondary N) is 1. The number of halogens is 3. The Kier molecular flexibility index (Phi) is 7.54. The number of anilines is 1. The fraction of sp³-hybridized carbons (Fsp3) is 0.136. The van der Waals surface area contributed by atoms with Crippen molar-refractivity contribution < 1.29 is 17.6 Å². The van der Waals surface area contributed by atoms with Gasteiger partial charge in [-0.2, -0.15) is 0 Å². The van der Waals surface area contributed by atoms with Gasteiger partial charge in [0, 0.05) is 6.54 Å². The predicted molar refractivity (Wildman–Crippen MR) is 121 cm³/mol. The van der Waals surface area contributed by atoms with Crippen LogP contribution in [0, 0.1) is 5.82 Å². The Hall–Kier alpha value is -2.61. The number of nitrogens with zero attached hydrogens (tertiary/aromatic N) is 1. The Bertz CT molecular complexity index is 1160. The van der Waals surface area contributed by atoms with Gasteiger partial charge < -0.3 is 5.32 Å². The van der Waals surface area contributed by atoms with Crippen LogP contribution >= 0.6 is 23.2 Å². The van der Waals surface area contributed by atoms with Crippen molar-refractivity contribution in [1.82, 2.24) is 5.32 Å². The van der Waals surface area contributed by atoms with Gasteiger partial charge in [0.15, 0.2) is 0 Å². The van der Waals surface area contributed by atoms with E-state index in [1.54, 1.807) is 30.3 Å². The summed E-state index contributed by atoms with van der Waals surface area (Å²) in [6.07, 6.45) is 0.476. The monoisotopic (exact) mass is 480 g/mol. The van der Waals surface area contributed by atoms with Gasteiger partial charge in [0.05, 0.1) is 20.6 Å². The first-order valence-corrected chi connectivity index (χ1v) is 11.5. The summed E-state index contributed by atoms with van der Waals surface area (Å²) in [5, 5.41) is 3.14. The quantitative estimate of drug-likeness (QED) is 0.508. The number of rotatable bonds is 8. The largest absolute Gasteiger partial charge is 0.354 e. The van der Waals surface area contributed by atoms with E-state index >= 15 is 0 Å². The predicted octanol–water partition coefficient (Wildman–Crippen LogP) is 4.69. The molecule has 0 radical (unpaired) electrons. The van der Waals surface area contributed by atoms with Crippen LogP contribution in [-0.2, 0) is 21.2 Å². The third-order valence-corrected chi connectivity index (χ3v) is 6.99. The first kappa shape index (κ1) is 23.1. The standard InChI is InChI=1S/C22H19Cl2FN2O3S/c23-20-11-10-18(14-21(20)24)27(31(29,30)19-4-2-1-3-5-19)15-22(28)26-13-12-16-6-8-17(25)9-7-16/h1-11,14H,12-13,15H2,(H,26,28). The molecule has 5 nitrogen and oxygen atoms in total. The molecule has 0 unspecified atom stereocenters. The van der Waals surface area contributed by atoms with E-state index < -0.39 is 22.5 Å². The van der Waals surface area contributed by atoms with Gasteiger partial charge >= 0.3 is 0 Å². The summed E-state index contributed by atoms with van der Waals surface area (Å²) in [5.41, 5.74) is 1.06. The number of benzene rings is 3. The second-order valence-electron chi connectivity index (χ2n) is 6.65. The van der Waals surface area contributed by atoms with Crippen molar-refractivity contribution in [3.05, 3.63) is 94.2 Å². The number of carbonyl (C=O) groups is 1. The number of carbonyl (C=O) groups excluding carboxylic acids is 1. The third-order valence-electron chi connectivity index (χ3n) is 4.46. The molecule has 3 aromatic rings. The van der Waals surface area contributed by atoms with Gasteiger partial charge in [0.1, 0.15) is 12.4 Å². The second kappa shape index (κ2) is 10.1. The van der Waals surface area contributed by atoms with E-state index in [4.69, 9.17) is 23.2 Å². The molecule has 1 N–H and O–H groups in total. The fourth-order valence-electron chi connectivity index (χ4n) is 2.86. The van der Waals surface area contributed by atoms with Crippen molar-refractivity contribution in [2.45, 2.75) is 11.3 Å². The molecule has 0 heterocycles. The highest BCUT2D eigenvalue weighted by Gasteiger charge is 2.27. The molecule has 3 aromatic carbocycles. The average molecular weight is 481 g/mol. The van der Waals surface area contributed by atoms with Gasteiger partial charge in [-0.25, -0.2) is 12.8 Å². The molecular weight excluding hydrogens is 462 g/mol. The van der Waals surface area contributed by atoms with E-state index in [9.17, 15) is 17.6 Å². The lowest BCUT2D eigenvalue weighted by molar-refractivity contribution is -0.119. The zero-order valence-corrected chi connectivity index (χ0v) is 18.6. The van der Waals surface area contributed by atoms with Gasteiger partial charge in [-0.3, -0.25) is 9.10 Å². The molecule has 1 amide bonds. The minimum Gasteiger partial charge on any atom is -0.354 e. The number of hydrogen-bond donors (Lipinski definition) is 1. The highest BCUT2D eigenvalue weighted by Crippen LogP contribution is 2.30. The maximum atomic E-state index is 13.2. The Morgan fingerprint density at radius 3 is 2.26 bits per heavy atom. The van der Waals surface area contributed by atoms with Crippen LogP contribution in [0.4, 0.5) is 10.1 Å². The maximum Gasteiger partial charge on any atom is 0.264 e. The molecule has 0 aliphatic carbocycles. The lowest BCUT2D eigenvalue weighted by Gasteiger charge is -2.24. The maximum absolute atomic E-state index is 13.2. The molecule has 162 valence electrons. The summed E-state index contributed by atoms with van der Waals surface area (Å²) in [5.74, 6) is -0.830. The van der Waals surface area contributed by atoms with E-state index in [0.29, 0.717) is 6.42 Å². The first-order chi connectivity index (χ1) is 14.8. The fourth-order valence-corrected chi connectivity index (χ4v) is 4.58. The van der Waals surface area contributed by atoms with Gasteiger partial charge in [0.25, 0.3) is 10.0 Å². The van der Waals surface area contributed by atoms with Crippen LogP contribution in [0.25, 0.3) is 0 Å². The Morgan fingerprint density at radius 1 is 0.935 bits per heavy atom. The Morgan fingerprint density at radius 2 is 1.61 bits per heavy atom. The number of hydrogen-bond acceptors (Lipinski definition) is 3. The summed E-state index contributed by atoms with van der Waals surface area (Å²) in [4.78, 5) is 12.6. The molecule has 3 rings (SSSR count). The lowest BCUT2D eigenvalue weighted by atomic mass is 10.1. The summed E-state index contributed by atoms with van der Waals surface area (Å²) in [7, 11) is -4.03. The highest BCUT2D eigenvalue weighted by molar-refractivity contribution is 7.92. The van der Waals surface area contributed by atoms with Crippen molar-refractivity contribution in [1.29, 1.82) is 0 Å². The minimum absolute atomic E-state index is 0.0418. The van der Waals surface area contributed by atoms with Crippen LogP contribution in [0.3, 0.4) is 0 Å². The SMILES string of the molecule is O=C(CN(c1ccc(Cl)c(Cl)c1)S(=O)(=O)c1ccccc1)NCCc1ccc(F)cc1. The van der Waals surface area contributed by atoms with Gasteiger partial charge in [0.2, 0.25) is 5.91 Å². The molecule has 0 saturated heterocycles. The third kappa shape index (κ3) is 5.97. The number of amides is 1. The first-order valence-electron chi connectivity index (χ1n) is 9.31. The molecule has 0 spiro atoms. The van der Waals surface area contributed by atoms with E-state index in [-0.39, 0.29) is 33.0 Å². The summed E-state index contributed by atoms with van der Waals surface area (Å²) in [6, 6.07) is 18.1. The van der Waals surface area contributed by atoms with Gasteiger partial charge in [-0.15, -0.1) is 0 Å². The normalized spacial score (nSPS) is 11.2. The van der Waals surface area contributed by atoms with Crippen molar-refractivity contribution in [3.63, 3.8) is 0 Å². The van der Waals surface area contributed by atoms with Crippen LogP contribution < -0.4 is 9.62 Å². The van der Waals surface area contributed by atoms with E-state index in [0.717, 1.165) is 9.87 Å². The van der Waals surface area contributed by atoms with Crippen LogP contribution in [0.1, 0.15) is 5.56 Å². The van der Waals surface area contributed by atoms with Crippen molar-refractivity contribution in [2.75, 3.05) is 17.4 Å². The molecule has 31 heavy (non-hydrogen) atoms. The molecule has 0 bridgehead atoms. The van der Waals surface area contributed by atoms with Crippen molar-refractivity contribution >= 4 is 44.8 Å². The molecule has 0 saturated carbocycles. The van der Waals surface area contributed by atoms with E-state index in [2.05, 4.69) is 5.32 Å². The summed E-state index contributed by atoms with van der Waals surface area (Å²) < 4.78 is 40.4. The second-order valence-corrected chi connectivity index (χ2v) is 9.33. The molecule has 0 aromatic heterocycles. The molecular formula is C22H19Cl2FN2O3S. The molecule has 0 aliphatic rings. The molecule has 0 aliphatic heterocycles. The van der Waals surface area contributed by atoms with E-state index in [1.165, 1.54) is 42.5 Å². The molecule has 0 atom stereocenters. The van der Waals surface area contributed by atoms with Crippen molar-refractivity contribution in [3.8, 4) is 0 Å². The van der Waals surface area contributed by atoms with Crippen molar-refractivity contribution in [2.24, 2.45) is 0 Å². The summed E-state index contributed by atoms with van der Waals surface area (Å²) in [6.45, 7) is -0.177. The smallest absolute Gasteiger partial charge is 0.264 e. The average Bonchev–Trinajstić information content (AvgIpc) is 2.76. The zero-order chi connectivity index (χ0) is 22.4. The van der Waals surface area contributed by atoms with Crippen LogP contribution in [0.15, 0.2) is 77.7 Å². The Balaban J connectivity index is 1.78. The Labute approximate surface area is 190 Å². The molecule has 0 fully saturated rings. The van der Waals surface area contributed by atoms with Crippen LogP contribution in [0.5, 0.6) is 0 Å². The minimum atomic E-state index is -4.03. The number of sulfonamides is 1. The zero-order valence-electron chi connectivity index (χ0n) is 16.3. The highest BCUT2D eigenvalue weighted by atomic mass is 35.5. The molecule has 9 heteroatoms.